The maximum Gasteiger partial charge on any atom is 0.202 e. The molecule has 5 nitrogen and oxygen atoms in total. The lowest BCUT2D eigenvalue weighted by molar-refractivity contribution is 0.0811. The molecule has 0 spiro atoms. The first-order valence-corrected chi connectivity index (χ1v) is 9.12. The smallest absolute Gasteiger partial charge is 0.202 e. The number of aromatic nitrogens is 2. The number of likely N-dealkylation sites (tertiary alicyclic amines) is 1. The van der Waals surface area contributed by atoms with Gasteiger partial charge in [0.25, 0.3) is 0 Å². The molecule has 0 amide bonds. The predicted molar refractivity (Wildman–Crippen MR) is 95.5 cm³/mol. The highest BCUT2D eigenvalue weighted by Crippen LogP contribution is 2.33. The first-order valence-electron chi connectivity index (χ1n) is 8.24. The number of carbonyl (C=O) groups is 1. The number of benzene rings is 1. The van der Waals surface area contributed by atoms with Gasteiger partial charge in [-0.2, -0.15) is 5.10 Å². The zero-order chi connectivity index (χ0) is 16.3. The molecule has 2 aliphatic rings. The summed E-state index contributed by atoms with van der Waals surface area (Å²) in [6.07, 6.45) is 1.05. The topological polar surface area (TPSA) is 61.0 Å². The van der Waals surface area contributed by atoms with Gasteiger partial charge in [-0.15, -0.1) is 11.3 Å². The van der Waals surface area contributed by atoms with Crippen molar-refractivity contribution in [2.75, 3.05) is 13.6 Å². The fourth-order valence-corrected chi connectivity index (χ4v) is 4.84. The maximum atomic E-state index is 13.2. The molecule has 6 heteroatoms. The molecule has 3 atom stereocenters. The number of hydrogen-bond donors (Lipinski definition) is 2. The van der Waals surface area contributed by atoms with Gasteiger partial charge < -0.3 is 5.32 Å². The number of hydrogen-bond acceptors (Lipinski definition) is 5. The van der Waals surface area contributed by atoms with Crippen molar-refractivity contribution in [3.8, 4) is 10.4 Å². The maximum absolute atomic E-state index is 13.2. The van der Waals surface area contributed by atoms with Crippen LogP contribution in [0.2, 0.25) is 0 Å². The number of thiophene rings is 1. The molecule has 0 aliphatic carbocycles. The van der Waals surface area contributed by atoms with Crippen molar-refractivity contribution < 1.29 is 4.79 Å². The minimum absolute atomic E-state index is 0.111. The molecule has 2 saturated heterocycles. The van der Waals surface area contributed by atoms with Crippen molar-refractivity contribution in [3.63, 3.8) is 0 Å². The molecule has 5 rings (SSSR count). The molecule has 2 fully saturated rings. The van der Waals surface area contributed by atoms with Crippen LogP contribution in [0.1, 0.15) is 16.9 Å². The minimum Gasteiger partial charge on any atom is -0.310 e. The van der Waals surface area contributed by atoms with Gasteiger partial charge in [-0.1, -0.05) is 12.1 Å². The lowest BCUT2D eigenvalue weighted by atomic mass is 10.00. The highest BCUT2D eigenvalue weighted by Gasteiger charge is 2.48. The molecule has 0 saturated carbocycles. The summed E-state index contributed by atoms with van der Waals surface area (Å²) < 4.78 is 0. The summed E-state index contributed by atoms with van der Waals surface area (Å²) in [5, 5.41) is 13.8. The predicted octanol–water partition coefficient (Wildman–Crippen LogP) is 2.52. The third kappa shape index (κ3) is 2.00. The Kier molecular flexibility index (Phi) is 3.13. The monoisotopic (exact) mass is 338 g/mol. The van der Waals surface area contributed by atoms with Crippen LogP contribution in [-0.4, -0.2) is 52.6 Å². The number of rotatable bonds is 3. The minimum atomic E-state index is -0.111. The number of nitrogens with zero attached hydrogens (tertiary/aromatic N) is 2. The number of carbonyl (C=O) groups excluding carboxylic acids is 1. The quantitative estimate of drug-likeness (QED) is 0.721. The van der Waals surface area contributed by atoms with E-state index in [1.165, 1.54) is 4.88 Å². The average molecular weight is 338 g/mol. The van der Waals surface area contributed by atoms with E-state index in [4.69, 9.17) is 0 Å². The number of aromatic amines is 1. The van der Waals surface area contributed by atoms with E-state index < -0.39 is 0 Å². The van der Waals surface area contributed by atoms with Crippen LogP contribution in [0.5, 0.6) is 0 Å². The van der Waals surface area contributed by atoms with Gasteiger partial charge in [0.15, 0.2) is 0 Å². The highest BCUT2D eigenvalue weighted by atomic mass is 32.1. The van der Waals surface area contributed by atoms with E-state index in [0.717, 1.165) is 29.4 Å². The van der Waals surface area contributed by atoms with Gasteiger partial charge in [-0.3, -0.25) is 14.8 Å². The molecule has 2 aromatic heterocycles. The van der Waals surface area contributed by atoms with Gasteiger partial charge in [-0.25, -0.2) is 0 Å². The van der Waals surface area contributed by atoms with Crippen LogP contribution in [0.15, 0.2) is 35.7 Å². The lowest BCUT2D eigenvalue weighted by Gasteiger charge is -2.30. The Labute approximate surface area is 143 Å². The Morgan fingerprint density at radius 1 is 1.38 bits per heavy atom. The molecule has 2 bridgehead atoms. The largest absolute Gasteiger partial charge is 0.310 e. The first-order chi connectivity index (χ1) is 11.7. The summed E-state index contributed by atoms with van der Waals surface area (Å²) in [4.78, 5) is 16.6. The average Bonchev–Trinajstić information content (AvgIpc) is 3.36. The molecular weight excluding hydrogens is 320 g/mol. The van der Waals surface area contributed by atoms with Gasteiger partial charge in [0.2, 0.25) is 5.78 Å². The third-order valence-corrected chi connectivity index (χ3v) is 6.33. The van der Waals surface area contributed by atoms with E-state index >= 15 is 0 Å². The molecular formula is C18H18N4OS. The second-order valence-electron chi connectivity index (χ2n) is 6.69. The Balaban J connectivity index is 1.57. The number of likely N-dealkylation sites (N-methyl/N-ethyl adjacent to an activating group) is 1. The van der Waals surface area contributed by atoms with Crippen molar-refractivity contribution >= 4 is 28.0 Å². The summed E-state index contributed by atoms with van der Waals surface area (Å²) in [5.41, 5.74) is 2.61. The number of ketones is 1. The fourth-order valence-electron chi connectivity index (χ4n) is 4.11. The highest BCUT2D eigenvalue weighted by molar-refractivity contribution is 7.13. The Hall–Kier alpha value is -2.02. The Bertz CT molecular complexity index is 914. The number of H-pyrrole nitrogens is 1. The van der Waals surface area contributed by atoms with Crippen molar-refractivity contribution in [1.82, 2.24) is 20.4 Å². The molecule has 24 heavy (non-hydrogen) atoms. The summed E-state index contributed by atoms with van der Waals surface area (Å²) >= 11 is 1.70. The fraction of sp³-hybridized carbons (Fsp3) is 0.333. The van der Waals surface area contributed by atoms with E-state index in [1.54, 1.807) is 11.3 Å². The van der Waals surface area contributed by atoms with E-state index in [0.29, 0.717) is 11.7 Å². The van der Waals surface area contributed by atoms with Crippen LogP contribution in [0.4, 0.5) is 0 Å². The summed E-state index contributed by atoms with van der Waals surface area (Å²) in [6, 6.07) is 10.9. The number of fused-ring (bicyclic) bond motifs is 3. The van der Waals surface area contributed by atoms with Crippen molar-refractivity contribution in [2.45, 2.75) is 24.5 Å². The molecule has 122 valence electrons. The van der Waals surface area contributed by atoms with Crippen LogP contribution in [0.25, 0.3) is 21.3 Å². The van der Waals surface area contributed by atoms with Gasteiger partial charge in [0.05, 0.1) is 11.6 Å². The number of piperazine rings is 1. The van der Waals surface area contributed by atoms with Crippen molar-refractivity contribution in [3.05, 3.63) is 41.4 Å². The van der Waals surface area contributed by atoms with Crippen molar-refractivity contribution in [2.24, 2.45) is 0 Å². The Morgan fingerprint density at radius 3 is 3.04 bits per heavy atom. The van der Waals surface area contributed by atoms with Gasteiger partial charge in [0.1, 0.15) is 5.69 Å². The number of nitrogens with one attached hydrogen (secondary N) is 2. The van der Waals surface area contributed by atoms with Gasteiger partial charge in [0, 0.05) is 28.9 Å². The van der Waals surface area contributed by atoms with Crippen molar-refractivity contribution in [1.29, 1.82) is 0 Å². The lowest BCUT2D eigenvalue weighted by Crippen LogP contribution is -2.53. The zero-order valence-electron chi connectivity index (χ0n) is 13.3. The molecule has 3 aromatic rings. The molecule has 4 heterocycles. The standard InChI is InChI=1S/C18H18N4OS/c1-22-11-8-14(19-9-11)17(22)18(23)16-12-7-10(15-3-2-6-24-15)4-5-13(12)20-21-16/h2-7,11,14,17,19H,8-9H2,1H3,(H,20,21)/t11-,14+,17?/m0/s1. The molecule has 2 N–H and O–H groups in total. The zero-order valence-corrected chi connectivity index (χ0v) is 14.1. The summed E-state index contributed by atoms with van der Waals surface area (Å²) in [6.45, 7) is 0.981. The second-order valence-corrected chi connectivity index (χ2v) is 7.64. The second kappa shape index (κ2) is 5.24. The van der Waals surface area contributed by atoms with Crippen LogP contribution < -0.4 is 5.32 Å². The number of Topliss-reactive ketones (excluding diaryl/α,β-unsaturated/α-hetero) is 1. The third-order valence-electron chi connectivity index (χ3n) is 5.41. The van der Waals surface area contributed by atoms with Crippen LogP contribution in [-0.2, 0) is 0 Å². The van der Waals surface area contributed by atoms with Crippen LogP contribution >= 0.6 is 11.3 Å². The molecule has 2 aliphatic heterocycles. The van der Waals surface area contributed by atoms with Crippen LogP contribution in [0.3, 0.4) is 0 Å². The van der Waals surface area contributed by atoms with Crippen LogP contribution in [0, 0.1) is 0 Å². The normalized spacial score (nSPS) is 26.5. The SMILES string of the molecule is CN1C(C(=O)c2n[nH]c3ccc(-c4cccs4)cc23)[C@H]2C[C@H]1CN2. The first kappa shape index (κ1) is 14.3. The molecule has 0 radical (unpaired) electrons. The Morgan fingerprint density at radius 2 is 2.29 bits per heavy atom. The van der Waals surface area contributed by atoms with Gasteiger partial charge >= 0.3 is 0 Å². The summed E-state index contributed by atoms with van der Waals surface area (Å²) in [7, 11) is 2.06. The molecule has 1 unspecified atom stereocenters. The van der Waals surface area contributed by atoms with Gasteiger partial charge in [-0.05, 0) is 42.6 Å². The van der Waals surface area contributed by atoms with E-state index in [1.807, 2.05) is 12.1 Å². The summed E-state index contributed by atoms with van der Waals surface area (Å²) in [5.74, 6) is 0.117. The van der Waals surface area contributed by atoms with E-state index in [9.17, 15) is 4.79 Å². The van der Waals surface area contributed by atoms with E-state index in [2.05, 4.69) is 51.0 Å². The van der Waals surface area contributed by atoms with E-state index in [-0.39, 0.29) is 17.9 Å². The molecule has 1 aromatic carbocycles.